The van der Waals surface area contributed by atoms with Gasteiger partial charge in [-0.3, -0.25) is 9.78 Å². The lowest BCUT2D eigenvalue weighted by Gasteiger charge is -2.35. The summed E-state index contributed by atoms with van der Waals surface area (Å²) in [5, 5.41) is 9.99. The lowest BCUT2D eigenvalue weighted by Crippen LogP contribution is -2.51. The monoisotopic (exact) mass is 492 g/mol. The van der Waals surface area contributed by atoms with Crippen LogP contribution in [-0.4, -0.2) is 73.0 Å². The molecule has 1 aliphatic heterocycles. The first-order chi connectivity index (χ1) is 17.6. The summed E-state index contributed by atoms with van der Waals surface area (Å²) in [4.78, 5) is 31.8. The van der Waals surface area contributed by atoms with Crippen molar-refractivity contribution in [1.29, 1.82) is 0 Å². The molecule has 1 atom stereocenters. The van der Waals surface area contributed by atoms with E-state index in [1.54, 1.807) is 59.6 Å². The van der Waals surface area contributed by atoms with Crippen molar-refractivity contribution in [1.82, 2.24) is 9.88 Å². The number of ether oxygens (including phenoxy) is 4. The molecular formula is C27H28N2O7. The SMILES string of the molecule is COc1c(O)cccc1OC[C@@H]1COCCN1C(=O)c1cccnc1CCOC(=O)c1ccccc1. The van der Waals surface area contributed by atoms with Gasteiger partial charge in [0.25, 0.3) is 5.91 Å². The van der Waals surface area contributed by atoms with Crippen LogP contribution in [0, 0.1) is 0 Å². The number of para-hydroxylation sites is 1. The first kappa shape index (κ1) is 25.0. The zero-order valence-corrected chi connectivity index (χ0v) is 20.0. The average Bonchev–Trinajstić information content (AvgIpc) is 2.92. The Hall–Kier alpha value is -4.11. The zero-order valence-electron chi connectivity index (χ0n) is 20.0. The standard InChI is InChI=1S/C27H28N2O7/c1-33-25-23(30)10-5-11-24(25)36-18-20-17-34-16-14-29(20)26(31)21-9-6-13-28-22(21)12-15-35-27(32)19-7-3-2-4-8-19/h2-11,13,20,30H,12,14-18H2,1H3/t20-/m0/s1. The minimum Gasteiger partial charge on any atom is -0.504 e. The number of phenols is 1. The Kier molecular flexibility index (Phi) is 8.36. The number of phenolic OH excluding ortho intramolecular Hbond substituents is 1. The van der Waals surface area contributed by atoms with E-state index in [0.717, 1.165) is 0 Å². The van der Waals surface area contributed by atoms with Crippen LogP contribution in [0.3, 0.4) is 0 Å². The van der Waals surface area contributed by atoms with Gasteiger partial charge in [0.1, 0.15) is 6.61 Å². The van der Waals surface area contributed by atoms with Gasteiger partial charge in [-0.05, 0) is 36.4 Å². The number of benzene rings is 2. The van der Waals surface area contributed by atoms with E-state index in [9.17, 15) is 14.7 Å². The Morgan fingerprint density at radius 1 is 1.11 bits per heavy atom. The van der Waals surface area contributed by atoms with Gasteiger partial charge >= 0.3 is 5.97 Å². The third kappa shape index (κ3) is 5.92. The number of methoxy groups -OCH3 is 1. The van der Waals surface area contributed by atoms with E-state index < -0.39 is 5.97 Å². The quantitative estimate of drug-likeness (QED) is 0.454. The number of esters is 1. The number of aromatic hydroxyl groups is 1. The highest BCUT2D eigenvalue weighted by Gasteiger charge is 2.30. The molecule has 2 aromatic carbocycles. The first-order valence-electron chi connectivity index (χ1n) is 11.6. The number of hydrogen-bond acceptors (Lipinski definition) is 8. The van der Waals surface area contributed by atoms with E-state index in [-0.39, 0.29) is 36.7 Å². The maximum Gasteiger partial charge on any atom is 0.338 e. The zero-order chi connectivity index (χ0) is 25.3. The molecule has 1 amide bonds. The van der Waals surface area contributed by atoms with E-state index >= 15 is 0 Å². The molecule has 4 rings (SSSR count). The highest BCUT2D eigenvalue weighted by atomic mass is 16.5. The van der Waals surface area contributed by atoms with Crippen molar-refractivity contribution in [3.8, 4) is 17.2 Å². The molecule has 188 valence electrons. The molecule has 0 aliphatic carbocycles. The van der Waals surface area contributed by atoms with E-state index in [4.69, 9.17) is 18.9 Å². The highest BCUT2D eigenvalue weighted by Crippen LogP contribution is 2.36. The normalized spacial score (nSPS) is 15.2. The maximum absolute atomic E-state index is 13.5. The van der Waals surface area contributed by atoms with Crippen LogP contribution in [0.1, 0.15) is 26.4 Å². The minimum absolute atomic E-state index is 0.0317. The van der Waals surface area contributed by atoms with E-state index in [1.807, 2.05) is 6.07 Å². The van der Waals surface area contributed by atoms with Crippen molar-refractivity contribution in [2.24, 2.45) is 0 Å². The molecule has 0 bridgehead atoms. The number of amides is 1. The van der Waals surface area contributed by atoms with Gasteiger partial charge in [-0.25, -0.2) is 4.79 Å². The van der Waals surface area contributed by atoms with Crippen molar-refractivity contribution in [2.45, 2.75) is 12.5 Å². The number of aromatic nitrogens is 1. The molecule has 0 spiro atoms. The number of rotatable bonds is 9. The predicted molar refractivity (Wildman–Crippen MR) is 130 cm³/mol. The van der Waals surface area contributed by atoms with Crippen molar-refractivity contribution >= 4 is 11.9 Å². The summed E-state index contributed by atoms with van der Waals surface area (Å²) in [5.74, 6) is -0.0558. The van der Waals surface area contributed by atoms with Crippen LogP contribution >= 0.6 is 0 Å². The molecule has 1 aromatic heterocycles. The molecule has 3 aromatic rings. The summed E-state index contributed by atoms with van der Waals surface area (Å²) in [6.45, 7) is 1.34. The summed E-state index contributed by atoms with van der Waals surface area (Å²) >= 11 is 0. The van der Waals surface area contributed by atoms with Crippen molar-refractivity contribution in [3.63, 3.8) is 0 Å². The molecule has 0 saturated carbocycles. The van der Waals surface area contributed by atoms with Crippen LogP contribution in [0.5, 0.6) is 17.2 Å². The van der Waals surface area contributed by atoms with Gasteiger partial charge in [0, 0.05) is 19.2 Å². The summed E-state index contributed by atoms with van der Waals surface area (Å²) in [6.07, 6.45) is 1.91. The van der Waals surface area contributed by atoms with Crippen LogP contribution in [0.2, 0.25) is 0 Å². The van der Waals surface area contributed by atoms with Crippen LogP contribution in [0.25, 0.3) is 0 Å². The summed E-state index contributed by atoms with van der Waals surface area (Å²) in [5.41, 5.74) is 1.45. The Morgan fingerprint density at radius 2 is 1.94 bits per heavy atom. The summed E-state index contributed by atoms with van der Waals surface area (Å²) in [6, 6.07) is 16.6. The molecule has 36 heavy (non-hydrogen) atoms. The lowest BCUT2D eigenvalue weighted by atomic mass is 10.1. The predicted octanol–water partition coefficient (Wildman–Crippen LogP) is 3.12. The fourth-order valence-corrected chi connectivity index (χ4v) is 3.95. The number of morpholine rings is 1. The maximum atomic E-state index is 13.5. The second kappa shape index (κ2) is 12.0. The molecule has 0 unspecified atom stereocenters. The van der Waals surface area contributed by atoms with Gasteiger partial charge in [0.15, 0.2) is 11.5 Å². The summed E-state index contributed by atoms with van der Waals surface area (Å²) in [7, 11) is 1.45. The topological polar surface area (TPSA) is 107 Å². The van der Waals surface area contributed by atoms with Crippen molar-refractivity contribution < 1.29 is 33.6 Å². The Balaban J connectivity index is 1.42. The molecule has 1 N–H and O–H groups in total. The molecule has 9 heteroatoms. The Labute approximate surface area is 209 Å². The number of carbonyl (C=O) groups excluding carboxylic acids is 2. The smallest absolute Gasteiger partial charge is 0.338 e. The van der Waals surface area contributed by atoms with E-state index in [2.05, 4.69) is 4.98 Å². The number of carbonyl (C=O) groups is 2. The van der Waals surface area contributed by atoms with Gasteiger partial charge in [0.2, 0.25) is 5.75 Å². The fraction of sp³-hybridized carbons (Fsp3) is 0.296. The Bertz CT molecular complexity index is 1190. The molecule has 1 aliphatic rings. The number of hydrogen-bond donors (Lipinski definition) is 1. The van der Waals surface area contributed by atoms with Gasteiger partial charge in [-0.1, -0.05) is 24.3 Å². The van der Waals surface area contributed by atoms with E-state index in [1.165, 1.54) is 13.2 Å². The second-order valence-corrected chi connectivity index (χ2v) is 8.10. The van der Waals surface area contributed by atoms with Gasteiger partial charge < -0.3 is 29.0 Å². The third-order valence-electron chi connectivity index (χ3n) is 5.78. The third-order valence-corrected chi connectivity index (χ3v) is 5.78. The molecule has 0 radical (unpaired) electrons. The van der Waals surface area contributed by atoms with Crippen molar-refractivity contribution in [3.05, 3.63) is 83.7 Å². The van der Waals surface area contributed by atoms with Crippen LogP contribution < -0.4 is 9.47 Å². The average molecular weight is 493 g/mol. The van der Waals surface area contributed by atoms with Gasteiger partial charge in [-0.15, -0.1) is 0 Å². The fourth-order valence-electron chi connectivity index (χ4n) is 3.95. The van der Waals surface area contributed by atoms with Gasteiger partial charge in [-0.2, -0.15) is 0 Å². The first-order valence-corrected chi connectivity index (χ1v) is 11.6. The van der Waals surface area contributed by atoms with Crippen molar-refractivity contribution in [2.75, 3.05) is 40.1 Å². The number of nitrogens with zero attached hydrogens (tertiary/aromatic N) is 2. The van der Waals surface area contributed by atoms with E-state index in [0.29, 0.717) is 48.7 Å². The molecule has 1 fully saturated rings. The van der Waals surface area contributed by atoms with Crippen LogP contribution in [-0.2, 0) is 15.9 Å². The van der Waals surface area contributed by atoms with Crippen LogP contribution in [0.15, 0.2) is 66.9 Å². The van der Waals surface area contributed by atoms with Gasteiger partial charge in [0.05, 0.1) is 49.8 Å². The molecule has 1 saturated heterocycles. The molecule has 2 heterocycles. The highest BCUT2D eigenvalue weighted by molar-refractivity contribution is 5.95. The largest absolute Gasteiger partial charge is 0.504 e. The second-order valence-electron chi connectivity index (χ2n) is 8.10. The summed E-state index contributed by atoms with van der Waals surface area (Å²) < 4.78 is 22.1. The lowest BCUT2D eigenvalue weighted by molar-refractivity contribution is -0.0153. The Morgan fingerprint density at radius 3 is 2.75 bits per heavy atom. The van der Waals surface area contributed by atoms with Crippen LogP contribution in [0.4, 0.5) is 0 Å². The number of pyridine rings is 1. The minimum atomic E-state index is -0.424. The molecular weight excluding hydrogens is 464 g/mol. The molecule has 9 nitrogen and oxygen atoms in total.